The number of hydrogen-bond donors (Lipinski definition) is 6. The van der Waals surface area contributed by atoms with Gasteiger partial charge >= 0.3 is 13.6 Å². The molecule has 26 heteroatoms. The van der Waals surface area contributed by atoms with Crippen molar-refractivity contribution >= 4 is 19.5 Å². The number of rotatable bonds is 29. The Kier molecular flexibility index (Phi) is 22.2. The number of amides is 1. The van der Waals surface area contributed by atoms with Crippen LogP contribution in [-0.2, 0) is 60.3 Å². The lowest BCUT2D eigenvalue weighted by Gasteiger charge is -2.40. The number of nitrogens with one attached hydrogen (secondary N) is 1. The highest BCUT2D eigenvalue weighted by atomic mass is 31.2. The Morgan fingerprint density at radius 3 is 1.93 bits per heavy atom. The molecule has 1 aliphatic rings. The van der Waals surface area contributed by atoms with Crippen LogP contribution in [0, 0.1) is 29.1 Å². The van der Waals surface area contributed by atoms with Crippen molar-refractivity contribution in [2.45, 2.75) is 62.9 Å². The maximum absolute atomic E-state index is 13.6. The Labute approximate surface area is 333 Å². The van der Waals surface area contributed by atoms with Gasteiger partial charge in [0.1, 0.15) is 18.3 Å². The lowest BCUT2D eigenvalue weighted by atomic mass is 9.97. The summed E-state index contributed by atoms with van der Waals surface area (Å²) in [7, 11) is -4.36. The van der Waals surface area contributed by atoms with Crippen LogP contribution in [-0.4, -0.2) is 168 Å². The van der Waals surface area contributed by atoms with Crippen molar-refractivity contribution in [3.05, 3.63) is 41.0 Å². The summed E-state index contributed by atoms with van der Waals surface area (Å²) in [6, 6.07) is 0. The van der Waals surface area contributed by atoms with Crippen molar-refractivity contribution in [2.24, 2.45) is 0 Å². The SMILES string of the molecule is O=C(CCOCCOCCC(=O)Oc1c(F)c(F)c(F)c(F)c1F)NCCOCCOCCOCCn1cc(CCO[C@H]2O[C@H](CCP(=O)(O)O)[C@@H](O)[C@H](O)[C@@H]2O)nn1. The second-order valence-corrected chi connectivity index (χ2v) is 14.3. The predicted molar refractivity (Wildman–Crippen MR) is 186 cm³/mol. The highest BCUT2D eigenvalue weighted by molar-refractivity contribution is 7.51. The van der Waals surface area contributed by atoms with E-state index in [-0.39, 0.29) is 78.0 Å². The Morgan fingerprint density at radius 2 is 1.31 bits per heavy atom. The summed E-state index contributed by atoms with van der Waals surface area (Å²) in [6.07, 6.45) is -6.63. The fraction of sp³-hybridized carbons (Fsp3) is 0.697. The molecule has 1 amide bonds. The van der Waals surface area contributed by atoms with Crippen LogP contribution >= 0.6 is 7.60 Å². The van der Waals surface area contributed by atoms with Crippen LogP contribution in [0.15, 0.2) is 6.20 Å². The van der Waals surface area contributed by atoms with Crippen molar-refractivity contribution in [1.29, 1.82) is 0 Å². The maximum atomic E-state index is 13.6. The Bertz CT molecular complexity index is 1620. The third-order valence-electron chi connectivity index (χ3n) is 8.06. The normalized spacial score (nSPS) is 19.6. The number of carbonyl (C=O) groups excluding carboxylic acids is 2. The summed E-state index contributed by atoms with van der Waals surface area (Å²) in [5, 5.41) is 41.0. The number of esters is 1. The second kappa shape index (κ2) is 26.1. The molecule has 1 saturated heterocycles. The van der Waals surface area contributed by atoms with Crippen molar-refractivity contribution in [1.82, 2.24) is 20.3 Å². The molecule has 3 rings (SSSR count). The van der Waals surface area contributed by atoms with E-state index in [2.05, 4.69) is 20.4 Å². The number of aromatic nitrogens is 3. The standard InChI is InChI=1S/C33H48F5N4O16P/c34-24-25(35)27(37)32(28(38)26(24)36)58-23(44)3-8-52-13-12-51-7-2-22(43)39-5-10-53-14-16-55-17-15-54-11-6-42-19-20(40-41-42)1-9-56-33-31(47)30(46)29(45)21(57-33)4-18-59(48,49)50/h19,21,29-31,33,45-47H,1-18H2,(H,39,43)(H2,48,49,50)/t21-,29-,30+,31+,33+/m1/s1. The van der Waals surface area contributed by atoms with Gasteiger partial charge in [0, 0.05) is 25.6 Å². The first-order valence-electron chi connectivity index (χ1n) is 18.2. The molecule has 0 unspecified atom stereocenters. The molecule has 0 spiro atoms. The zero-order valence-electron chi connectivity index (χ0n) is 31.6. The minimum Gasteiger partial charge on any atom is -0.420 e. The average molecular weight is 883 g/mol. The van der Waals surface area contributed by atoms with Gasteiger partial charge in [0.2, 0.25) is 40.7 Å². The monoisotopic (exact) mass is 882 g/mol. The van der Waals surface area contributed by atoms with Gasteiger partial charge in [0.25, 0.3) is 0 Å². The second-order valence-electron chi connectivity index (χ2n) is 12.6. The largest absolute Gasteiger partial charge is 0.420 e. The van der Waals surface area contributed by atoms with Crippen LogP contribution in [0.1, 0.15) is 25.0 Å². The summed E-state index contributed by atoms with van der Waals surface area (Å²) in [5.74, 6) is -14.7. The molecule has 1 fully saturated rings. The van der Waals surface area contributed by atoms with Gasteiger partial charge in [-0.2, -0.15) is 8.78 Å². The number of hydrogen-bond acceptors (Lipinski definition) is 16. The van der Waals surface area contributed by atoms with E-state index in [0.29, 0.717) is 38.7 Å². The molecule has 0 bridgehead atoms. The van der Waals surface area contributed by atoms with E-state index in [1.807, 2.05) is 0 Å². The molecule has 2 heterocycles. The summed E-state index contributed by atoms with van der Waals surface area (Å²) >= 11 is 0. The predicted octanol–water partition coefficient (Wildman–Crippen LogP) is -0.507. The molecule has 0 radical (unpaired) electrons. The fourth-order valence-corrected chi connectivity index (χ4v) is 5.55. The number of nitrogens with zero attached hydrogens (tertiary/aromatic N) is 3. The quantitative estimate of drug-likeness (QED) is 0.0114. The molecule has 336 valence electrons. The first-order chi connectivity index (χ1) is 28.1. The zero-order valence-corrected chi connectivity index (χ0v) is 32.5. The Morgan fingerprint density at radius 1 is 0.746 bits per heavy atom. The van der Waals surface area contributed by atoms with Crippen LogP contribution in [0.5, 0.6) is 5.75 Å². The van der Waals surface area contributed by atoms with E-state index in [9.17, 15) is 51.4 Å². The van der Waals surface area contributed by atoms with Gasteiger partial charge in [0.05, 0.1) is 104 Å². The van der Waals surface area contributed by atoms with Crippen LogP contribution < -0.4 is 10.1 Å². The van der Waals surface area contributed by atoms with Gasteiger partial charge in [-0.05, 0) is 6.42 Å². The highest BCUT2D eigenvalue weighted by Gasteiger charge is 2.44. The minimum absolute atomic E-state index is 0.00512. The first kappa shape index (κ1) is 50.1. The molecule has 0 saturated carbocycles. The van der Waals surface area contributed by atoms with Gasteiger partial charge in [-0.15, -0.1) is 5.10 Å². The number of halogens is 5. The van der Waals surface area contributed by atoms with E-state index < -0.39 is 91.7 Å². The van der Waals surface area contributed by atoms with Crippen molar-refractivity contribution in [3.8, 4) is 5.75 Å². The lowest BCUT2D eigenvalue weighted by Crippen LogP contribution is -2.58. The molecule has 0 aliphatic carbocycles. The van der Waals surface area contributed by atoms with Crippen molar-refractivity contribution < 1.29 is 99.1 Å². The zero-order chi connectivity index (χ0) is 43.4. The molecule has 59 heavy (non-hydrogen) atoms. The highest BCUT2D eigenvalue weighted by Crippen LogP contribution is 2.37. The van der Waals surface area contributed by atoms with Gasteiger partial charge in [-0.3, -0.25) is 14.2 Å². The summed E-state index contributed by atoms with van der Waals surface area (Å²) < 4.78 is 121. The van der Waals surface area contributed by atoms with Crippen molar-refractivity contribution in [2.75, 3.05) is 85.4 Å². The minimum atomic E-state index is -4.36. The average Bonchev–Trinajstić information content (AvgIpc) is 3.65. The van der Waals surface area contributed by atoms with E-state index in [1.165, 1.54) is 0 Å². The summed E-state index contributed by atoms with van der Waals surface area (Å²) in [4.78, 5) is 41.7. The maximum Gasteiger partial charge on any atom is 0.325 e. The topological polar surface area (TPSA) is 269 Å². The van der Waals surface area contributed by atoms with Crippen LogP contribution in [0.3, 0.4) is 0 Å². The van der Waals surface area contributed by atoms with Gasteiger partial charge in [0.15, 0.2) is 6.29 Å². The van der Waals surface area contributed by atoms with Gasteiger partial charge in [-0.1, -0.05) is 5.21 Å². The molecule has 5 atom stereocenters. The van der Waals surface area contributed by atoms with E-state index in [0.717, 1.165) is 0 Å². The lowest BCUT2D eigenvalue weighted by molar-refractivity contribution is -0.296. The Balaban J connectivity index is 1.09. The molecule has 6 N–H and O–H groups in total. The van der Waals surface area contributed by atoms with E-state index in [4.69, 9.17) is 42.9 Å². The molecular formula is C33H48F5N4O16P. The number of aliphatic hydroxyl groups is 3. The molecular weight excluding hydrogens is 834 g/mol. The third kappa shape index (κ3) is 18.1. The number of carbonyl (C=O) groups is 2. The molecule has 2 aromatic rings. The van der Waals surface area contributed by atoms with Gasteiger partial charge in [-0.25, -0.2) is 17.9 Å². The van der Waals surface area contributed by atoms with E-state index >= 15 is 0 Å². The van der Waals surface area contributed by atoms with Gasteiger partial charge < -0.3 is 68.3 Å². The van der Waals surface area contributed by atoms with Crippen LogP contribution in [0.2, 0.25) is 0 Å². The fourth-order valence-electron chi connectivity index (χ4n) is 4.96. The Hall–Kier alpha value is -3.30. The molecule has 20 nitrogen and oxygen atoms in total. The summed E-state index contributed by atoms with van der Waals surface area (Å²) in [6.45, 7) is 2.19. The van der Waals surface area contributed by atoms with Crippen LogP contribution in [0.4, 0.5) is 22.0 Å². The summed E-state index contributed by atoms with van der Waals surface area (Å²) in [5.41, 5.74) is 0.556. The van der Waals surface area contributed by atoms with Crippen molar-refractivity contribution in [3.63, 3.8) is 0 Å². The number of benzene rings is 1. The number of ether oxygens (including phenoxy) is 8. The molecule has 1 aromatic heterocycles. The number of aliphatic hydroxyl groups excluding tert-OH is 3. The van der Waals surface area contributed by atoms with E-state index in [1.54, 1.807) is 10.9 Å². The third-order valence-corrected chi connectivity index (χ3v) is 8.90. The first-order valence-corrected chi connectivity index (χ1v) is 20.0. The van der Waals surface area contributed by atoms with Crippen LogP contribution in [0.25, 0.3) is 0 Å². The molecule has 1 aromatic carbocycles. The smallest absolute Gasteiger partial charge is 0.325 e. The molecule has 1 aliphatic heterocycles.